The summed E-state index contributed by atoms with van der Waals surface area (Å²) in [7, 11) is 0. The second kappa shape index (κ2) is 4.02. The molecule has 1 aromatic heterocycles. The third kappa shape index (κ3) is 1.76. The van der Waals surface area contributed by atoms with Crippen molar-refractivity contribution in [1.29, 1.82) is 0 Å². The Kier molecular flexibility index (Phi) is 2.74. The molecule has 0 spiro atoms. The molecule has 1 aromatic rings. The zero-order chi connectivity index (χ0) is 9.97. The van der Waals surface area contributed by atoms with Crippen LogP contribution in [-0.2, 0) is 0 Å². The molecule has 1 unspecified atom stereocenters. The van der Waals surface area contributed by atoms with Crippen LogP contribution in [0.25, 0.3) is 0 Å². The first kappa shape index (κ1) is 9.54. The summed E-state index contributed by atoms with van der Waals surface area (Å²) in [6.45, 7) is 1.53. The monoisotopic (exact) mass is 213 g/mol. The van der Waals surface area contributed by atoms with Crippen LogP contribution in [0.2, 0.25) is 0 Å². The predicted molar refractivity (Wildman–Crippen MR) is 51.0 cm³/mol. The van der Waals surface area contributed by atoms with Crippen molar-refractivity contribution in [3.8, 4) is 0 Å². The van der Waals surface area contributed by atoms with Gasteiger partial charge in [-0.05, 0) is 18.0 Å². The Morgan fingerprint density at radius 1 is 1.79 bits per heavy atom. The van der Waals surface area contributed by atoms with Crippen molar-refractivity contribution in [3.05, 3.63) is 11.1 Å². The fourth-order valence-electron chi connectivity index (χ4n) is 1.58. The molecule has 1 saturated heterocycles. The van der Waals surface area contributed by atoms with E-state index in [1.807, 2.05) is 0 Å². The summed E-state index contributed by atoms with van der Waals surface area (Å²) in [6.07, 6.45) is 2.37. The minimum atomic E-state index is -0.0176. The van der Waals surface area contributed by atoms with Crippen molar-refractivity contribution < 1.29 is 9.90 Å². The van der Waals surface area contributed by atoms with Gasteiger partial charge in [-0.2, -0.15) is 0 Å². The number of likely N-dealkylation sites (tertiary alicyclic amines) is 1. The lowest BCUT2D eigenvalue weighted by molar-refractivity contribution is 0.0786. The third-order valence-electron chi connectivity index (χ3n) is 2.40. The quantitative estimate of drug-likeness (QED) is 0.750. The summed E-state index contributed by atoms with van der Waals surface area (Å²) in [6, 6.07) is 0. The van der Waals surface area contributed by atoms with Gasteiger partial charge in [-0.3, -0.25) is 4.79 Å². The van der Waals surface area contributed by atoms with Crippen molar-refractivity contribution >= 4 is 17.4 Å². The standard InChI is InChI=1S/C8H11N3O2S/c12-5-6-1-2-11(4-6)8(13)7-3-9-10-14-7/h3,6,12H,1-2,4-5H2. The minimum Gasteiger partial charge on any atom is -0.396 e. The average Bonchev–Trinajstić information content (AvgIpc) is 2.88. The van der Waals surface area contributed by atoms with E-state index in [9.17, 15) is 4.79 Å². The van der Waals surface area contributed by atoms with Gasteiger partial charge >= 0.3 is 0 Å². The molecule has 1 amide bonds. The Morgan fingerprint density at radius 3 is 3.21 bits per heavy atom. The first-order valence-corrected chi connectivity index (χ1v) is 5.26. The third-order valence-corrected chi connectivity index (χ3v) is 3.06. The number of aromatic nitrogens is 2. The minimum absolute atomic E-state index is 0.0176. The Labute approximate surface area is 85.5 Å². The molecule has 0 aliphatic carbocycles. The van der Waals surface area contributed by atoms with Gasteiger partial charge in [0.15, 0.2) is 0 Å². The van der Waals surface area contributed by atoms with Crippen LogP contribution in [0.3, 0.4) is 0 Å². The van der Waals surface area contributed by atoms with Crippen molar-refractivity contribution in [2.24, 2.45) is 5.92 Å². The fourth-order valence-corrected chi connectivity index (χ4v) is 2.07. The lowest BCUT2D eigenvalue weighted by Gasteiger charge is -2.13. The van der Waals surface area contributed by atoms with E-state index in [1.165, 1.54) is 6.20 Å². The van der Waals surface area contributed by atoms with Gasteiger partial charge < -0.3 is 10.0 Å². The highest BCUT2D eigenvalue weighted by Crippen LogP contribution is 2.18. The first-order chi connectivity index (χ1) is 6.81. The molecule has 2 heterocycles. The van der Waals surface area contributed by atoms with Crippen molar-refractivity contribution in [2.45, 2.75) is 6.42 Å². The first-order valence-electron chi connectivity index (χ1n) is 4.48. The van der Waals surface area contributed by atoms with Crippen LogP contribution >= 0.6 is 11.5 Å². The lowest BCUT2D eigenvalue weighted by Crippen LogP contribution is -2.28. The Morgan fingerprint density at radius 2 is 2.64 bits per heavy atom. The molecule has 6 heteroatoms. The zero-order valence-corrected chi connectivity index (χ0v) is 8.40. The summed E-state index contributed by atoms with van der Waals surface area (Å²) in [5.74, 6) is 0.218. The number of carbonyl (C=O) groups is 1. The zero-order valence-electron chi connectivity index (χ0n) is 7.59. The molecular formula is C8H11N3O2S. The molecule has 0 radical (unpaired) electrons. The van der Waals surface area contributed by atoms with E-state index in [1.54, 1.807) is 4.90 Å². The van der Waals surface area contributed by atoms with Gasteiger partial charge in [0.25, 0.3) is 5.91 Å². The summed E-state index contributed by atoms with van der Waals surface area (Å²) in [4.78, 5) is 14.1. The van der Waals surface area contributed by atoms with Crippen LogP contribution in [0.1, 0.15) is 16.1 Å². The smallest absolute Gasteiger partial charge is 0.267 e. The van der Waals surface area contributed by atoms with E-state index in [2.05, 4.69) is 9.59 Å². The van der Waals surface area contributed by atoms with E-state index in [0.29, 0.717) is 11.4 Å². The van der Waals surface area contributed by atoms with Crippen LogP contribution in [0.4, 0.5) is 0 Å². The molecule has 0 aromatic carbocycles. The molecular weight excluding hydrogens is 202 g/mol. The molecule has 1 fully saturated rings. The van der Waals surface area contributed by atoms with Gasteiger partial charge in [0.2, 0.25) is 0 Å². The van der Waals surface area contributed by atoms with Gasteiger partial charge in [-0.1, -0.05) is 4.49 Å². The average molecular weight is 213 g/mol. The van der Waals surface area contributed by atoms with Gasteiger partial charge in [-0.25, -0.2) is 0 Å². The number of carbonyl (C=O) groups excluding carboxylic acids is 1. The second-order valence-corrected chi connectivity index (χ2v) is 4.16. The molecule has 1 aliphatic heterocycles. The molecule has 1 aliphatic rings. The molecule has 0 saturated carbocycles. The maximum absolute atomic E-state index is 11.7. The molecule has 5 nitrogen and oxygen atoms in total. The SMILES string of the molecule is O=C(c1cnns1)N1CCC(CO)C1. The Hall–Kier alpha value is -1.01. The lowest BCUT2D eigenvalue weighted by atomic mass is 10.1. The van der Waals surface area contributed by atoms with E-state index in [-0.39, 0.29) is 18.4 Å². The molecule has 0 bridgehead atoms. The number of aliphatic hydroxyl groups is 1. The Bertz CT molecular complexity index is 314. The van der Waals surface area contributed by atoms with Crippen LogP contribution < -0.4 is 0 Å². The number of hydrogen-bond acceptors (Lipinski definition) is 5. The largest absolute Gasteiger partial charge is 0.396 e. The van der Waals surface area contributed by atoms with Crippen molar-refractivity contribution in [2.75, 3.05) is 19.7 Å². The summed E-state index contributed by atoms with van der Waals surface area (Å²) in [5, 5.41) is 12.6. The summed E-state index contributed by atoms with van der Waals surface area (Å²) < 4.78 is 3.65. The fraction of sp³-hybridized carbons (Fsp3) is 0.625. The highest BCUT2D eigenvalue weighted by molar-refractivity contribution is 7.07. The van der Waals surface area contributed by atoms with Crippen LogP contribution in [0.5, 0.6) is 0 Å². The predicted octanol–water partition coefficient (Wildman–Crippen LogP) is -0.00750. The molecule has 14 heavy (non-hydrogen) atoms. The van der Waals surface area contributed by atoms with E-state index in [4.69, 9.17) is 5.11 Å². The van der Waals surface area contributed by atoms with Crippen molar-refractivity contribution in [1.82, 2.24) is 14.5 Å². The summed E-state index contributed by atoms with van der Waals surface area (Å²) in [5.41, 5.74) is 0. The number of aliphatic hydroxyl groups excluding tert-OH is 1. The maximum Gasteiger partial charge on any atom is 0.267 e. The van der Waals surface area contributed by atoms with Gasteiger partial charge in [-0.15, -0.1) is 5.10 Å². The number of hydrogen-bond donors (Lipinski definition) is 1. The van der Waals surface area contributed by atoms with Crippen molar-refractivity contribution in [3.63, 3.8) is 0 Å². The van der Waals surface area contributed by atoms with Crippen LogP contribution in [0.15, 0.2) is 6.20 Å². The Balaban J connectivity index is 2.00. The normalized spacial score (nSPS) is 21.5. The number of amides is 1. The van der Waals surface area contributed by atoms with Crippen LogP contribution in [-0.4, -0.2) is 45.2 Å². The highest BCUT2D eigenvalue weighted by atomic mass is 32.1. The van der Waals surface area contributed by atoms with E-state index in [0.717, 1.165) is 24.5 Å². The van der Waals surface area contributed by atoms with Gasteiger partial charge in [0.1, 0.15) is 4.88 Å². The topological polar surface area (TPSA) is 66.3 Å². The van der Waals surface area contributed by atoms with E-state index >= 15 is 0 Å². The second-order valence-electron chi connectivity index (χ2n) is 3.37. The molecule has 76 valence electrons. The summed E-state index contributed by atoms with van der Waals surface area (Å²) >= 11 is 1.11. The molecule has 1 N–H and O–H groups in total. The maximum atomic E-state index is 11.7. The van der Waals surface area contributed by atoms with Gasteiger partial charge in [0.05, 0.1) is 6.20 Å². The number of rotatable bonds is 2. The molecule has 1 atom stereocenters. The molecule has 2 rings (SSSR count). The van der Waals surface area contributed by atoms with E-state index < -0.39 is 0 Å². The van der Waals surface area contributed by atoms with Crippen LogP contribution in [0, 0.1) is 5.92 Å². The highest BCUT2D eigenvalue weighted by Gasteiger charge is 2.27. The van der Waals surface area contributed by atoms with Gasteiger partial charge in [0, 0.05) is 25.6 Å². The number of nitrogens with zero attached hydrogens (tertiary/aromatic N) is 3.